The average Bonchev–Trinajstić information content (AvgIpc) is 0.886. The fourth-order valence-electron chi connectivity index (χ4n) is 11.7. The van der Waals surface area contributed by atoms with Crippen molar-refractivity contribution in [2.45, 2.75) is 183 Å². The normalized spacial score (nSPS) is 17.2. The number of nitrogens with one attached hydrogen (secondary N) is 2. The number of likely N-dealkylation sites (N-methyl/N-ethyl adjacent to an activating group) is 2. The molecule has 0 saturated carbocycles. The number of anilines is 2. The van der Waals surface area contributed by atoms with Gasteiger partial charge in [-0.3, -0.25) is 28.8 Å². The molecular weight excluding hydrogens is 1140 g/mol. The summed E-state index contributed by atoms with van der Waals surface area (Å²) >= 11 is 0. The highest BCUT2D eigenvalue weighted by Crippen LogP contribution is 2.52. The topological polar surface area (TPSA) is 296 Å². The number of amides is 6. The van der Waals surface area contributed by atoms with Crippen molar-refractivity contribution >= 4 is 63.3 Å². The highest BCUT2D eigenvalue weighted by Gasteiger charge is 2.45. The maximum absolute atomic E-state index is 14.6. The number of carbonyl (C=O) groups excluding carboxylic acids is 6. The third-order valence-corrected chi connectivity index (χ3v) is 17.5. The molecule has 0 aromatic heterocycles. The predicted molar refractivity (Wildman–Crippen MR) is 347 cm³/mol. The number of nitrogens with zero attached hydrogens (tertiary/aromatic N) is 4. The molecule has 0 bridgehead atoms. The van der Waals surface area contributed by atoms with E-state index in [-0.39, 0.29) is 113 Å². The van der Waals surface area contributed by atoms with Gasteiger partial charge in [-0.25, -0.2) is 4.99 Å². The third kappa shape index (κ3) is 22.5. The summed E-state index contributed by atoms with van der Waals surface area (Å²) < 4.78 is 41.9. The number of ether oxygens (including phenoxy) is 1. The molecule has 0 radical (unpaired) electrons. The number of hydrogen-bond acceptors (Lipinski definition) is 13. The molecule has 1 fully saturated rings. The molecule has 1 aliphatic carbocycles. The van der Waals surface area contributed by atoms with Gasteiger partial charge in [0.15, 0.2) is 0 Å². The van der Waals surface area contributed by atoms with Crippen LogP contribution >= 0.6 is 0 Å². The van der Waals surface area contributed by atoms with Crippen LogP contribution < -0.4 is 33.6 Å². The summed E-state index contributed by atoms with van der Waals surface area (Å²) in [5, 5.41) is 6.29. The largest absolute Gasteiger partial charge is 0.378 e. The molecule has 1 heterocycles. The molecule has 2 atom stereocenters. The van der Waals surface area contributed by atoms with E-state index in [9.17, 15) is 41.1 Å². The first-order valence-corrected chi connectivity index (χ1v) is 33.2. The van der Waals surface area contributed by atoms with Gasteiger partial charge in [0.05, 0.1) is 23.5 Å². The second-order valence-electron chi connectivity index (χ2n) is 23.6. The van der Waals surface area contributed by atoms with Crippen LogP contribution in [0.15, 0.2) is 94.9 Å². The molecule has 0 spiro atoms. The Morgan fingerprint density at radius 1 is 0.705 bits per heavy atom. The van der Waals surface area contributed by atoms with Crippen molar-refractivity contribution in [3.05, 3.63) is 113 Å². The van der Waals surface area contributed by atoms with Crippen LogP contribution in [0.3, 0.4) is 0 Å². The summed E-state index contributed by atoms with van der Waals surface area (Å²) in [5.41, 5.74) is 27.9. The predicted octanol–water partition coefficient (Wildman–Crippen LogP) is 8.86. The van der Waals surface area contributed by atoms with Crippen LogP contribution in [0, 0.1) is 0 Å². The van der Waals surface area contributed by atoms with E-state index in [4.69, 9.17) is 32.7 Å². The molecule has 0 unspecified atom stereocenters. The van der Waals surface area contributed by atoms with Crippen molar-refractivity contribution in [2.75, 3.05) is 77.2 Å². The molecule has 6 amide bonds. The number of halogens is 1. The lowest BCUT2D eigenvalue weighted by atomic mass is 9.60. The van der Waals surface area contributed by atoms with Gasteiger partial charge >= 0.3 is 10.2 Å². The number of hydrogen-bond donors (Lipinski definition) is 6. The molecular formula is C67H99FN10O9S. The zero-order valence-electron chi connectivity index (χ0n) is 52.4. The second-order valence-corrected chi connectivity index (χ2v) is 24.9. The summed E-state index contributed by atoms with van der Waals surface area (Å²) in [4.78, 5) is 91.9. The highest BCUT2D eigenvalue weighted by molar-refractivity contribution is 7.86. The summed E-state index contributed by atoms with van der Waals surface area (Å²) in [5.74, 6) is -1.77. The lowest BCUT2D eigenvalue weighted by Crippen LogP contribution is -2.47. The van der Waals surface area contributed by atoms with Crippen molar-refractivity contribution in [1.29, 1.82) is 0 Å². The Hall–Kier alpha value is -6.49. The van der Waals surface area contributed by atoms with Crippen LogP contribution in [0.4, 0.5) is 15.3 Å². The van der Waals surface area contributed by atoms with Gasteiger partial charge < -0.3 is 53.0 Å². The van der Waals surface area contributed by atoms with Gasteiger partial charge in [0, 0.05) is 95.4 Å². The minimum Gasteiger partial charge on any atom is -0.378 e. The molecule has 10 N–H and O–H groups in total. The highest BCUT2D eigenvalue weighted by atomic mass is 32.3. The Labute approximate surface area is 522 Å². The molecule has 88 heavy (non-hydrogen) atoms. The van der Waals surface area contributed by atoms with E-state index >= 15 is 0 Å². The van der Waals surface area contributed by atoms with E-state index < -0.39 is 32.6 Å². The second kappa shape index (κ2) is 37.5. The standard InChI is InChI=1S/C67H99FN10O9S/c1-5-21-49(2)65-55-32-28-52(74-61(80)23-16-10-7-13-19-38-70)45-57(55)67(48-73-60(79)22-15-9-6-12-18-37-69,58-46-53(29-33-56(58)65)75-62(81)24-17-11-8-14-20-39-71)36-35-63(82)76(3)40-42-87-43-41-77(4)66(84)59-44-51(72)47-78(59)64(83)34-27-50-25-30-54(31-26-50)88(68,85)86/h5,21,25-26,28-33,45-46,48,51,59,65H,2,6-20,22-24,27,34-44,47,69-72H2,1,3-4H3,(H,74,80)(H,75,81)/b21-5-,73-48?/t51-,59-,65?,67?/m0/s1. The molecule has 2 aliphatic rings. The van der Waals surface area contributed by atoms with Crippen LogP contribution in [0.2, 0.25) is 0 Å². The number of carbonyl (C=O) groups is 6. The van der Waals surface area contributed by atoms with Crippen LogP contribution in [-0.4, -0.2) is 143 Å². The van der Waals surface area contributed by atoms with Gasteiger partial charge in [-0.1, -0.05) is 101 Å². The lowest BCUT2D eigenvalue weighted by Gasteiger charge is -2.43. The molecule has 1 saturated heterocycles. The van der Waals surface area contributed by atoms with Crippen molar-refractivity contribution in [3.63, 3.8) is 0 Å². The number of benzene rings is 3. The Bertz CT molecular complexity index is 2880. The van der Waals surface area contributed by atoms with Gasteiger partial charge in [-0.15, -0.1) is 3.89 Å². The van der Waals surface area contributed by atoms with E-state index in [1.807, 2.05) is 55.5 Å². The number of aliphatic imine (C=N–C) groups is 1. The molecule has 21 heteroatoms. The van der Waals surface area contributed by atoms with Gasteiger partial charge in [0.2, 0.25) is 35.4 Å². The number of likely N-dealkylation sites (tertiary alicyclic amines) is 1. The molecule has 19 nitrogen and oxygen atoms in total. The maximum atomic E-state index is 14.6. The first-order valence-electron chi connectivity index (χ1n) is 31.8. The SMILES string of the molecule is C=C(/C=C\C)C1c2ccc(NC(=O)CCCCCCCN)cc2C(C=NC(=O)CCCCCCCN)(CCC(=O)N(C)CCOCCN(C)C(=O)[C@@H]2C[C@H](N)CN2C(=O)CCc2ccc(S(=O)(=O)F)cc2)c2cc(NC(=O)CCCCCCCN)ccc21. The summed E-state index contributed by atoms with van der Waals surface area (Å²) in [6, 6.07) is 15.6. The zero-order valence-corrected chi connectivity index (χ0v) is 53.2. The fourth-order valence-corrected chi connectivity index (χ4v) is 12.1. The smallest absolute Gasteiger partial charge is 0.332 e. The van der Waals surface area contributed by atoms with E-state index in [2.05, 4.69) is 17.2 Å². The first kappa shape index (κ1) is 72.3. The van der Waals surface area contributed by atoms with E-state index in [1.165, 1.54) is 21.9 Å². The molecule has 3 aromatic carbocycles. The van der Waals surface area contributed by atoms with Crippen LogP contribution in [0.5, 0.6) is 0 Å². The van der Waals surface area contributed by atoms with Gasteiger partial charge in [-0.2, -0.15) is 8.42 Å². The fraction of sp³-hybridized carbons (Fsp3) is 0.567. The zero-order chi connectivity index (χ0) is 64.1. The molecule has 5 rings (SSSR count). The molecule has 3 aromatic rings. The van der Waals surface area contributed by atoms with Crippen LogP contribution in [0.25, 0.3) is 0 Å². The van der Waals surface area contributed by atoms with Crippen molar-refractivity contribution in [1.82, 2.24) is 14.7 Å². The average molecular weight is 1240 g/mol. The van der Waals surface area contributed by atoms with Crippen molar-refractivity contribution in [2.24, 2.45) is 27.9 Å². The van der Waals surface area contributed by atoms with Gasteiger partial charge in [0.1, 0.15) is 6.04 Å². The summed E-state index contributed by atoms with van der Waals surface area (Å²) in [6.45, 7) is 9.24. The Kier molecular flexibility index (Phi) is 30.8. The number of rotatable bonds is 40. The number of fused-ring (bicyclic) bond motifs is 2. The van der Waals surface area contributed by atoms with Crippen molar-refractivity contribution in [3.8, 4) is 0 Å². The van der Waals surface area contributed by atoms with Crippen LogP contribution in [-0.2, 0) is 55.6 Å². The Morgan fingerprint density at radius 2 is 1.20 bits per heavy atom. The molecule has 484 valence electrons. The summed E-state index contributed by atoms with van der Waals surface area (Å²) in [7, 11) is -1.54. The number of aryl methyl sites for hydroxylation is 1. The number of unbranched alkanes of at least 4 members (excludes halogenated alkanes) is 12. The van der Waals surface area contributed by atoms with E-state index in [0.29, 0.717) is 55.8 Å². The third-order valence-electron chi connectivity index (χ3n) is 16.7. The first-order chi connectivity index (χ1) is 42.3. The minimum atomic E-state index is -4.86. The monoisotopic (exact) mass is 1240 g/mol. The number of allylic oxidation sites excluding steroid dienone is 3. The Balaban J connectivity index is 1.38. The summed E-state index contributed by atoms with van der Waals surface area (Å²) in [6.07, 6.45) is 20.6. The van der Waals surface area contributed by atoms with Gasteiger partial charge in [0.25, 0.3) is 0 Å². The Morgan fingerprint density at radius 3 is 1.72 bits per heavy atom. The van der Waals surface area contributed by atoms with E-state index in [0.717, 1.165) is 130 Å². The molecule has 1 aliphatic heterocycles. The van der Waals surface area contributed by atoms with Crippen LogP contribution in [0.1, 0.15) is 182 Å². The minimum absolute atomic E-state index is 0.00949. The van der Waals surface area contributed by atoms with E-state index in [1.54, 1.807) is 25.2 Å². The lowest BCUT2D eigenvalue weighted by molar-refractivity contribution is -0.143. The number of nitrogens with two attached hydrogens (primary N) is 4. The van der Waals surface area contributed by atoms with Crippen molar-refractivity contribution < 1.29 is 45.8 Å². The quantitative estimate of drug-likeness (QED) is 0.0134. The van der Waals surface area contributed by atoms with Gasteiger partial charge in [-0.05, 0) is 154 Å². The maximum Gasteiger partial charge on any atom is 0.332 e.